The molecule has 0 radical (unpaired) electrons. The summed E-state index contributed by atoms with van der Waals surface area (Å²) in [7, 11) is -6.77. The highest BCUT2D eigenvalue weighted by molar-refractivity contribution is 7.89. The van der Waals surface area contributed by atoms with Gasteiger partial charge >= 0.3 is 0 Å². The number of carbonyl (C=O) groups is 1. The van der Waals surface area contributed by atoms with E-state index in [1.807, 2.05) is 6.92 Å². The average molecular weight is 444 g/mol. The lowest BCUT2D eigenvalue weighted by Gasteiger charge is -2.37. The number of nitrogens with zero attached hydrogens (tertiary/aromatic N) is 3. The Labute approximate surface area is 173 Å². The standard InChI is InChI=1S/C19H29N3O5S2/c1-3-28(24,25)21-14-12-20(13-15-21)19(23)17-8-10-22(11-9-17)29(26,27)18-6-4-16(2)5-7-18/h4-7,17H,3,8-15H2,1-2H3. The molecule has 1 amide bonds. The summed E-state index contributed by atoms with van der Waals surface area (Å²) in [5.41, 5.74) is 1.00. The first kappa shape index (κ1) is 22.2. The Morgan fingerprint density at radius 2 is 1.45 bits per heavy atom. The van der Waals surface area contributed by atoms with Gasteiger partial charge in [0.1, 0.15) is 0 Å². The van der Waals surface area contributed by atoms with Crippen molar-refractivity contribution < 1.29 is 21.6 Å². The molecule has 0 saturated carbocycles. The van der Waals surface area contributed by atoms with Crippen LogP contribution in [0.3, 0.4) is 0 Å². The number of hydrogen-bond acceptors (Lipinski definition) is 5. The van der Waals surface area contributed by atoms with E-state index in [4.69, 9.17) is 0 Å². The number of amides is 1. The number of hydrogen-bond donors (Lipinski definition) is 0. The number of rotatable bonds is 5. The topological polar surface area (TPSA) is 95.1 Å². The van der Waals surface area contributed by atoms with Gasteiger partial charge in [0.15, 0.2) is 0 Å². The summed E-state index contributed by atoms with van der Waals surface area (Å²) in [6, 6.07) is 6.79. The molecule has 2 heterocycles. The van der Waals surface area contributed by atoms with Crippen molar-refractivity contribution >= 4 is 26.0 Å². The van der Waals surface area contributed by atoms with Gasteiger partial charge in [0, 0.05) is 45.2 Å². The van der Waals surface area contributed by atoms with Crippen LogP contribution in [0.1, 0.15) is 25.3 Å². The molecule has 0 N–H and O–H groups in total. The maximum absolute atomic E-state index is 12.8. The van der Waals surface area contributed by atoms with Gasteiger partial charge < -0.3 is 4.90 Å². The van der Waals surface area contributed by atoms with Gasteiger partial charge in [-0.05, 0) is 38.8 Å². The van der Waals surface area contributed by atoms with E-state index in [1.54, 1.807) is 36.1 Å². The van der Waals surface area contributed by atoms with E-state index in [0.717, 1.165) is 5.56 Å². The van der Waals surface area contributed by atoms with Crippen molar-refractivity contribution in [1.82, 2.24) is 13.5 Å². The van der Waals surface area contributed by atoms with E-state index in [-0.39, 0.29) is 22.5 Å². The van der Waals surface area contributed by atoms with Crippen molar-refractivity contribution in [2.45, 2.75) is 31.6 Å². The fourth-order valence-corrected chi connectivity index (χ4v) is 6.38. The van der Waals surface area contributed by atoms with Crippen LogP contribution in [-0.4, -0.2) is 81.3 Å². The van der Waals surface area contributed by atoms with Crippen LogP contribution in [0.4, 0.5) is 0 Å². The highest BCUT2D eigenvalue weighted by Gasteiger charge is 2.35. The summed E-state index contributed by atoms with van der Waals surface area (Å²) in [5.74, 6) is -0.144. The van der Waals surface area contributed by atoms with E-state index in [9.17, 15) is 21.6 Å². The third-order valence-electron chi connectivity index (χ3n) is 5.77. The molecule has 8 nitrogen and oxygen atoms in total. The maximum atomic E-state index is 12.8. The van der Waals surface area contributed by atoms with Crippen LogP contribution in [-0.2, 0) is 24.8 Å². The summed E-state index contributed by atoms with van der Waals surface area (Å²) < 4.78 is 52.4. The van der Waals surface area contributed by atoms with Gasteiger partial charge in [-0.25, -0.2) is 16.8 Å². The zero-order valence-electron chi connectivity index (χ0n) is 17.0. The van der Waals surface area contributed by atoms with Crippen LogP contribution in [0.15, 0.2) is 29.2 Å². The second kappa shape index (κ2) is 8.71. The van der Waals surface area contributed by atoms with Crippen molar-refractivity contribution in [3.05, 3.63) is 29.8 Å². The van der Waals surface area contributed by atoms with E-state index >= 15 is 0 Å². The summed E-state index contributed by atoms with van der Waals surface area (Å²) >= 11 is 0. The predicted octanol–water partition coefficient (Wildman–Crippen LogP) is 0.890. The van der Waals surface area contributed by atoms with E-state index in [0.29, 0.717) is 52.1 Å². The molecule has 2 saturated heterocycles. The number of benzene rings is 1. The lowest BCUT2D eigenvalue weighted by molar-refractivity contribution is -0.137. The molecular weight excluding hydrogens is 414 g/mol. The highest BCUT2D eigenvalue weighted by atomic mass is 32.2. The number of sulfonamides is 2. The first-order valence-corrected chi connectivity index (χ1v) is 13.0. The number of piperidine rings is 1. The SMILES string of the molecule is CCS(=O)(=O)N1CCN(C(=O)C2CCN(S(=O)(=O)c3ccc(C)cc3)CC2)CC1. The van der Waals surface area contributed by atoms with E-state index < -0.39 is 20.0 Å². The molecule has 10 heteroatoms. The summed E-state index contributed by atoms with van der Waals surface area (Å²) in [4.78, 5) is 14.8. The van der Waals surface area contributed by atoms with Crippen LogP contribution < -0.4 is 0 Å². The number of piperazine rings is 1. The fourth-order valence-electron chi connectivity index (χ4n) is 3.83. The molecule has 0 aliphatic carbocycles. The fraction of sp³-hybridized carbons (Fsp3) is 0.632. The first-order chi connectivity index (χ1) is 13.6. The second-order valence-electron chi connectivity index (χ2n) is 7.62. The number of aryl methyl sites for hydroxylation is 1. The molecule has 2 aliphatic heterocycles. The zero-order valence-corrected chi connectivity index (χ0v) is 18.6. The van der Waals surface area contributed by atoms with Gasteiger partial charge in [0.25, 0.3) is 0 Å². The molecule has 1 aromatic carbocycles. The highest BCUT2D eigenvalue weighted by Crippen LogP contribution is 2.26. The molecule has 29 heavy (non-hydrogen) atoms. The molecule has 1 aromatic rings. The minimum absolute atomic E-state index is 0.00549. The Morgan fingerprint density at radius 1 is 0.897 bits per heavy atom. The quantitative estimate of drug-likeness (QED) is 0.674. The van der Waals surface area contributed by atoms with Crippen LogP contribution in [0.5, 0.6) is 0 Å². The van der Waals surface area contributed by atoms with E-state index in [1.165, 1.54) is 8.61 Å². The summed E-state index contributed by atoms with van der Waals surface area (Å²) in [6.45, 7) is 5.58. The molecule has 0 bridgehead atoms. The van der Waals surface area contributed by atoms with Crippen molar-refractivity contribution in [3.8, 4) is 0 Å². The van der Waals surface area contributed by atoms with Gasteiger partial charge in [0.2, 0.25) is 26.0 Å². The van der Waals surface area contributed by atoms with E-state index in [2.05, 4.69) is 0 Å². The monoisotopic (exact) mass is 443 g/mol. The Kier molecular flexibility index (Phi) is 6.67. The van der Waals surface area contributed by atoms with Crippen molar-refractivity contribution in [2.24, 2.45) is 5.92 Å². The lowest BCUT2D eigenvalue weighted by atomic mass is 9.96. The Balaban J connectivity index is 1.55. The third kappa shape index (κ3) is 4.82. The third-order valence-corrected chi connectivity index (χ3v) is 9.56. The minimum Gasteiger partial charge on any atom is -0.340 e. The van der Waals surface area contributed by atoms with Gasteiger partial charge in [-0.15, -0.1) is 0 Å². The van der Waals surface area contributed by atoms with Crippen molar-refractivity contribution in [1.29, 1.82) is 0 Å². The molecule has 162 valence electrons. The van der Waals surface area contributed by atoms with Gasteiger partial charge in [-0.3, -0.25) is 4.79 Å². The zero-order chi connectivity index (χ0) is 21.2. The molecule has 0 unspecified atom stereocenters. The molecule has 2 fully saturated rings. The van der Waals surface area contributed by atoms with Gasteiger partial charge in [-0.2, -0.15) is 8.61 Å². The normalized spacial score (nSPS) is 20.7. The Morgan fingerprint density at radius 3 is 1.97 bits per heavy atom. The van der Waals surface area contributed by atoms with Crippen LogP contribution >= 0.6 is 0 Å². The smallest absolute Gasteiger partial charge is 0.243 e. The molecule has 0 spiro atoms. The van der Waals surface area contributed by atoms with Crippen LogP contribution in [0.2, 0.25) is 0 Å². The molecule has 0 atom stereocenters. The van der Waals surface area contributed by atoms with Crippen molar-refractivity contribution in [3.63, 3.8) is 0 Å². The average Bonchev–Trinajstić information content (AvgIpc) is 2.73. The minimum atomic E-state index is -3.54. The molecule has 0 aromatic heterocycles. The molecule has 3 rings (SSSR count). The maximum Gasteiger partial charge on any atom is 0.243 e. The summed E-state index contributed by atoms with van der Waals surface area (Å²) in [5, 5.41) is 0. The predicted molar refractivity (Wildman–Crippen MR) is 110 cm³/mol. The summed E-state index contributed by atoms with van der Waals surface area (Å²) in [6.07, 6.45) is 0.967. The largest absolute Gasteiger partial charge is 0.340 e. The Hall–Kier alpha value is -1.49. The van der Waals surface area contributed by atoms with Gasteiger partial charge in [-0.1, -0.05) is 17.7 Å². The van der Waals surface area contributed by atoms with Gasteiger partial charge in [0.05, 0.1) is 10.6 Å². The number of carbonyl (C=O) groups excluding carboxylic acids is 1. The molecular formula is C19H29N3O5S2. The Bertz CT molecular complexity index is 929. The van der Waals surface area contributed by atoms with Crippen molar-refractivity contribution in [2.75, 3.05) is 45.0 Å². The second-order valence-corrected chi connectivity index (χ2v) is 11.8. The molecule has 2 aliphatic rings. The van der Waals surface area contributed by atoms with Crippen LogP contribution in [0.25, 0.3) is 0 Å². The first-order valence-electron chi connectivity index (χ1n) is 9.98. The van der Waals surface area contributed by atoms with Crippen LogP contribution in [0, 0.1) is 12.8 Å². The lowest BCUT2D eigenvalue weighted by Crippen LogP contribution is -2.53.